The SMILES string of the molecule is CCOC(=O)C1=C(c2ccccc2)N=c2s/c(=C/c3cc(C(C)C)c(OC)cc3C)c(=O)n2[C@H]1c1ccc(OC)c(OC)c1. The van der Waals surface area contributed by atoms with Crippen LogP contribution in [0.5, 0.6) is 17.2 Å². The minimum absolute atomic E-state index is 0.169. The fraction of sp³-hybridized carbons (Fsp3) is 0.286. The molecule has 0 fully saturated rings. The molecule has 1 aliphatic rings. The topological polar surface area (TPSA) is 88.4 Å². The predicted molar refractivity (Wildman–Crippen MR) is 172 cm³/mol. The normalized spacial score (nSPS) is 14.7. The van der Waals surface area contributed by atoms with Gasteiger partial charge in [-0.3, -0.25) is 9.36 Å². The second-order valence-corrected chi connectivity index (χ2v) is 11.7. The summed E-state index contributed by atoms with van der Waals surface area (Å²) < 4.78 is 24.4. The zero-order valence-electron chi connectivity index (χ0n) is 26.0. The molecule has 0 saturated heterocycles. The predicted octanol–water partition coefficient (Wildman–Crippen LogP) is 5.39. The summed E-state index contributed by atoms with van der Waals surface area (Å²) in [6.07, 6.45) is 1.90. The van der Waals surface area contributed by atoms with Crippen molar-refractivity contribution in [2.75, 3.05) is 27.9 Å². The molecule has 4 aromatic rings. The number of hydrogen-bond acceptors (Lipinski definition) is 8. The molecule has 2 heterocycles. The maximum atomic E-state index is 14.3. The molecule has 9 heteroatoms. The first-order valence-corrected chi connectivity index (χ1v) is 15.2. The summed E-state index contributed by atoms with van der Waals surface area (Å²) in [4.78, 5) is 33.5. The van der Waals surface area contributed by atoms with Crippen LogP contribution in [-0.4, -0.2) is 38.5 Å². The average molecular weight is 613 g/mol. The van der Waals surface area contributed by atoms with E-state index in [0.29, 0.717) is 32.1 Å². The van der Waals surface area contributed by atoms with Gasteiger partial charge in [0.15, 0.2) is 16.3 Å². The zero-order chi connectivity index (χ0) is 31.5. The van der Waals surface area contributed by atoms with E-state index in [1.165, 1.54) is 11.3 Å². The monoisotopic (exact) mass is 612 g/mol. The molecule has 8 nitrogen and oxygen atoms in total. The summed E-state index contributed by atoms with van der Waals surface area (Å²) in [5.41, 5.74) is 4.81. The Hall–Kier alpha value is -4.63. The van der Waals surface area contributed by atoms with Gasteiger partial charge in [-0.2, -0.15) is 0 Å². The van der Waals surface area contributed by atoms with Crippen molar-refractivity contribution in [3.8, 4) is 17.2 Å². The van der Waals surface area contributed by atoms with E-state index in [0.717, 1.165) is 28.0 Å². The van der Waals surface area contributed by atoms with Gasteiger partial charge in [0.2, 0.25) is 0 Å². The highest BCUT2D eigenvalue weighted by atomic mass is 32.1. The van der Waals surface area contributed by atoms with Crippen molar-refractivity contribution in [1.82, 2.24) is 4.57 Å². The number of aromatic nitrogens is 1. The zero-order valence-corrected chi connectivity index (χ0v) is 26.8. The molecular formula is C35H36N2O6S. The first kappa shape index (κ1) is 30.8. The van der Waals surface area contributed by atoms with Crippen LogP contribution in [0.25, 0.3) is 11.8 Å². The van der Waals surface area contributed by atoms with E-state index in [-0.39, 0.29) is 23.7 Å². The quantitative estimate of drug-likeness (QED) is 0.236. The molecular weight excluding hydrogens is 576 g/mol. The van der Waals surface area contributed by atoms with Crippen LogP contribution in [0.1, 0.15) is 60.5 Å². The number of carbonyl (C=O) groups excluding carboxylic acids is 1. The van der Waals surface area contributed by atoms with E-state index in [4.69, 9.17) is 23.9 Å². The number of rotatable bonds is 9. The maximum absolute atomic E-state index is 14.3. The summed E-state index contributed by atoms with van der Waals surface area (Å²) in [6, 6.07) is 18.1. The number of methoxy groups -OCH3 is 3. The fourth-order valence-corrected chi connectivity index (χ4v) is 6.41. The Bertz CT molecular complexity index is 1920. The largest absolute Gasteiger partial charge is 0.496 e. The summed E-state index contributed by atoms with van der Waals surface area (Å²) in [6.45, 7) is 8.13. The molecule has 0 amide bonds. The van der Waals surface area contributed by atoms with Crippen molar-refractivity contribution in [2.45, 2.75) is 39.7 Å². The third kappa shape index (κ3) is 5.67. The Balaban J connectivity index is 1.84. The van der Waals surface area contributed by atoms with Gasteiger partial charge in [-0.05, 0) is 72.4 Å². The van der Waals surface area contributed by atoms with Crippen LogP contribution in [-0.2, 0) is 9.53 Å². The van der Waals surface area contributed by atoms with Gasteiger partial charge in [-0.15, -0.1) is 0 Å². The van der Waals surface area contributed by atoms with Crippen LogP contribution in [0, 0.1) is 6.92 Å². The number of hydrogen-bond donors (Lipinski definition) is 0. The van der Waals surface area contributed by atoms with Crippen molar-refractivity contribution in [2.24, 2.45) is 4.99 Å². The lowest BCUT2D eigenvalue weighted by Gasteiger charge is -2.26. The van der Waals surface area contributed by atoms with Crippen LogP contribution >= 0.6 is 11.3 Å². The number of benzene rings is 3. The fourth-order valence-electron chi connectivity index (χ4n) is 5.42. The number of fused-ring (bicyclic) bond motifs is 1. The van der Waals surface area contributed by atoms with Crippen molar-refractivity contribution in [3.63, 3.8) is 0 Å². The lowest BCUT2D eigenvalue weighted by atomic mass is 9.93. The molecule has 44 heavy (non-hydrogen) atoms. The number of nitrogens with zero attached hydrogens (tertiary/aromatic N) is 2. The molecule has 0 N–H and O–H groups in total. The maximum Gasteiger partial charge on any atom is 0.338 e. The van der Waals surface area contributed by atoms with Crippen LogP contribution in [0.2, 0.25) is 0 Å². The number of thiazole rings is 1. The van der Waals surface area contributed by atoms with Gasteiger partial charge in [-0.1, -0.05) is 61.6 Å². The highest BCUT2D eigenvalue weighted by Crippen LogP contribution is 2.38. The van der Waals surface area contributed by atoms with E-state index >= 15 is 0 Å². The van der Waals surface area contributed by atoms with Gasteiger partial charge in [0.05, 0.1) is 49.8 Å². The minimum atomic E-state index is -0.828. The van der Waals surface area contributed by atoms with Gasteiger partial charge in [0.1, 0.15) is 5.75 Å². The number of aryl methyl sites for hydroxylation is 1. The molecule has 0 radical (unpaired) electrons. The van der Waals surface area contributed by atoms with Gasteiger partial charge < -0.3 is 18.9 Å². The molecule has 1 aromatic heterocycles. The Kier molecular flexibility index (Phi) is 9.06. The van der Waals surface area contributed by atoms with Crippen molar-refractivity contribution in [1.29, 1.82) is 0 Å². The van der Waals surface area contributed by atoms with Crippen molar-refractivity contribution >= 4 is 29.1 Å². The summed E-state index contributed by atoms with van der Waals surface area (Å²) in [5.74, 6) is 1.51. The number of carbonyl (C=O) groups is 1. The second-order valence-electron chi connectivity index (χ2n) is 10.7. The van der Waals surface area contributed by atoms with Gasteiger partial charge >= 0.3 is 5.97 Å². The molecule has 0 saturated carbocycles. The summed E-state index contributed by atoms with van der Waals surface area (Å²) in [5, 5.41) is 0. The number of esters is 1. The van der Waals surface area contributed by atoms with Gasteiger partial charge in [0, 0.05) is 5.56 Å². The lowest BCUT2D eigenvalue weighted by Crippen LogP contribution is -2.40. The molecule has 5 rings (SSSR count). The highest BCUT2D eigenvalue weighted by molar-refractivity contribution is 7.07. The van der Waals surface area contributed by atoms with E-state index in [1.54, 1.807) is 45.0 Å². The van der Waals surface area contributed by atoms with E-state index in [1.807, 2.05) is 55.5 Å². The second kappa shape index (κ2) is 12.9. The van der Waals surface area contributed by atoms with Gasteiger partial charge in [-0.25, -0.2) is 9.79 Å². The Morgan fingerprint density at radius 2 is 1.68 bits per heavy atom. The van der Waals surface area contributed by atoms with Crippen LogP contribution < -0.4 is 29.1 Å². The van der Waals surface area contributed by atoms with Crippen LogP contribution in [0.4, 0.5) is 0 Å². The van der Waals surface area contributed by atoms with E-state index < -0.39 is 12.0 Å². The molecule has 0 aliphatic carbocycles. The molecule has 0 spiro atoms. The molecule has 1 aliphatic heterocycles. The Morgan fingerprint density at radius 1 is 0.977 bits per heavy atom. The molecule has 0 unspecified atom stereocenters. The standard InChI is InChI=1S/C35H36N2O6S/c1-8-43-34(39)30-31(22-12-10-9-11-13-22)36-35-37(32(30)23-14-15-26(40-5)28(18-23)42-7)33(38)29(44-35)19-24-17-25(20(2)3)27(41-6)16-21(24)4/h9-20,32H,8H2,1-7H3/b29-19+/t32-/m0/s1. The average Bonchev–Trinajstić information content (AvgIpc) is 3.34. The van der Waals surface area contributed by atoms with E-state index in [9.17, 15) is 9.59 Å². The smallest absolute Gasteiger partial charge is 0.338 e. The third-order valence-electron chi connectivity index (χ3n) is 7.62. The van der Waals surface area contributed by atoms with Crippen molar-refractivity contribution in [3.05, 3.63) is 114 Å². The molecule has 228 valence electrons. The molecule has 0 bridgehead atoms. The summed E-state index contributed by atoms with van der Waals surface area (Å²) >= 11 is 1.29. The first-order valence-electron chi connectivity index (χ1n) is 14.4. The van der Waals surface area contributed by atoms with Crippen LogP contribution in [0.15, 0.2) is 76.0 Å². The highest BCUT2D eigenvalue weighted by Gasteiger charge is 2.35. The Morgan fingerprint density at radius 3 is 2.32 bits per heavy atom. The summed E-state index contributed by atoms with van der Waals surface area (Å²) in [7, 11) is 4.77. The number of ether oxygens (including phenoxy) is 4. The molecule has 1 atom stereocenters. The van der Waals surface area contributed by atoms with E-state index in [2.05, 4.69) is 19.9 Å². The minimum Gasteiger partial charge on any atom is -0.496 e. The van der Waals surface area contributed by atoms with Gasteiger partial charge in [0.25, 0.3) is 5.56 Å². The molecule has 3 aromatic carbocycles. The third-order valence-corrected chi connectivity index (χ3v) is 8.61. The van der Waals surface area contributed by atoms with Crippen LogP contribution in [0.3, 0.4) is 0 Å². The van der Waals surface area contributed by atoms with Crippen molar-refractivity contribution < 1.29 is 23.7 Å². The Labute approximate surface area is 260 Å². The lowest BCUT2D eigenvalue weighted by molar-refractivity contribution is -0.138. The first-order chi connectivity index (χ1) is 21.2.